The van der Waals surface area contributed by atoms with Crippen LogP contribution in [0.5, 0.6) is 0 Å². The highest BCUT2D eigenvalue weighted by Crippen LogP contribution is 2.51. The maximum Gasteiger partial charge on any atom is 0.0387 e. The highest BCUT2D eigenvalue weighted by molar-refractivity contribution is 5.94. The number of benzene rings is 6. The van der Waals surface area contributed by atoms with Crippen LogP contribution in [0.25, 0.3) is 50.1 Å². The third kappa shape index (κ3) is 5.44. The van der Waals surface area contributed by atoms with Crippen molar-refractivity contribution in [3.8, 4) is 44.5 Å². The highest BCUT2D eigenvalue weighted by atomic mass is 14.9. The quantitative estimate of drug-likeness (QED) is 0.192. The van der Waals surface area contributed by atoms with Crippen LogP contribution in [0.4, 0.5) is 11.4 Å². The summed E-state index contributed by atoms with van der Waals surface area (Å²) in [4.78, 5) is 0. The van der Waals surface area contributed by atoms with E-state index < -0.39 is 0 Å². The topological polar surface area (TPSA) is 12.0 Å². The summed E-state index contributed by atoms with van der Waals surface area (Å²) in [5.41, 5.74) is 22.0. The first-order valence-electron chi connectivity index (χ1n) is 17.6. The van der Waals surface area contributed by atoms with Crippen LogP contribution >= 0.6 is 0 Å². The Morgan fingerprint density at radius 1 is 0.531 bits per heavy atom. The minimum absolute atomic E-state index is 0.137. The van der Waals surface area contributed by atoms with Crippen molar-refractivity contribution in [2.75, 3.05) is 5.32 Å². The Balaban J connectivity index is 1.16. The van der Waals surface area contributed by atoms with Gasteiger partial charge in [0, 0.05) is 16.8 Å². The standard InChI is InChI=1S/C48H43N/c1-31-13-9-11-17-39(31)41-27-28-42(47(33(41)3)40-18-12-10-14-32(40)2)36-21-25-43-44-26-24-38(30-46(44)48(4,5)45(43)29-36)49-37-22-19-35(20-23-37)34-15-7-6-8-16-34/h6-8,10-12,14-30,49H,9,13H2,1-5H3. The van der Waals surface area contributed by atoms with Crippen LogP contribution in [-0.4, -0.2) is 0 Å². The molecule has 0 saturated carbocycles. The van der Waals surface area contributed by atoms with Crippen molar-refractivity contribution < 1.29 is 0 Å². The molecule has 0 saturated heterocycles. The van der Waals surface area contributed by atoms with Crippen LogP contribution in [0.2, 0.25) is 0 Å². The molecular weight excluding hydrogens is 591 g/mol. The molecule has 0 amide bonds. The molecule has 0 heterocycles. The van der Waals surface area contributed by atoms with Crippen LogP contribution in [0.15, 0.2) is 145 Å². The molecular formula is C48H43N. The summed E-state index contributed by atoms with van der Waals surface area (Å²) in [5, 5.41) is 3.68. The van der Waals surface area contributed by atoms with Gasteiger partial charge in [0.1, 0.15) is 0 Å². The summed E-state index contributed by atoms with van der Waals surface area (Å²) in [6.45, 7) is 11.6. The summed E-state index contributed by atoms with van der Waals surface area (Å²) < 4.78 is 0. The number of rotatable bonds is 6. The number of nitrogens with one attached hydrogen (secondary N) is 1. The van der Waals surface area contributed by atoms with Gasteiger partial charge in [0.25, 0.3) is 0 Å². The molecule has 1 heteroatoms. The number of allylic oxidation sites excluding steroid dienone is 4. The Morgan fingerprint density at radius 2 is 1.14 bits per heavy atom. The normalized spacial score (nSPS) is 14.5. The largest absolute Gasteiger partial charge is 0.356 e. The van der Waals surface area contributed by atoms with E-state index in [0.717, 1.165) is 24.2 Å². The number of aryl methyl sites for hydroxylation is 1. The summed E-state index contributed by atoms with van der Waals surface area (Å²) in [7, 11) is 0. The fourth-order valence-corrected chi connectivity index (χ4v) is 8.07. The summed E-state index contributed by atoms with van der Waals surface area (Å²) in [6, 6.07) is 46.9. The fourth-order valence-electron chi connectivity index (χ4n) is 8.07. The Bertz CT molecular complexity index is 2280. The molecule has 8 rings (SSSR count). The van der Waals surface area contributed by atoms with E-state index in [2.05, 4.69) is 179 Å². The van der Waals surface area contributed by atoms with Gasteiger partial charge in [-0.15, -0.1) is 0 Å². The van der Waals surface area contributed by atoms with Crippen molar-refractivity contribution in [2.24, 2.45) is 0 Å². The molecule has 49 heavy (non-hydrogen) atoms. The van der Waals surface area contributed by atoms with Crippen LogP contribution in [0.1, 0.15) is 61.4 Å². The summed E-state index contributed by atoms with van der Waals surface area (Å²) in [6.07, 6.45) is 6.92. The molecule has 6 aromatic carbocycles. The number of anilines is 2. The van der Waals surface area contributed by atoms with Crippen molar-refractivity contribution in [1.29, 1.82) is 0 Å². The number of fused-ring (bicyclic) bond motifs is 3. The molecule has 0 bridgehead atoms. The van der Waals surface area contributed by atoms with Gasteiger partial charge in [0.05, 0.1) is 0 Å². The van der Waals surface area contributed by atoms with Gasteiger partial charge in [0.2, 0.25) is 0 Å². The van der Waals surface area contributed by atoms with Crippen molar-refractivity contribution in [3.63, 3.8) is 0 Å². The monoisotopic (exact) mass is 633 g/mol. The Labute approximate surface area is 291 Å². The lowest BCUT2D eigenvalue weighted by molar-refractivity contribution is 0.661. The van der Waals surface area contributed by atoms with Gasteiger partial charge < -0.3 is 5.32 Å². The predicted octanol–water partition coefficient (Wildman–Crippen LogP) is 13.5. The molecule has 0 unspecified atom stereocenters. The molecule has 240 valence electrons. The molecule has 1 nitrogen and oxygen atoms in total. The number of hydrogen-bond acceptors (Lipinski definition) is 1. The van der Waals surface area contributed by atoms with Gasteiger partial charge >= 0.3 is 0 Å². The molecule has 6 aromatic rings. The Kier molecular flexibility index (Phi) is 7.72. The number of hydrogen-bond donors (Lipinski definition) is 1. The molecule has 0 radical (unpaired) electrons. The first kappa shape index (κ1) is 30.9. The van der Waals surface area contributed by atoms with Gasteiger partial charge in [-0.25, -0.2) is 0 Å². The maximum absolute atomic E-state index is 3.68. The van der Waals surface area contributed by atoms with Crippen molar-refractivity contribution >= 4 is 16.9 Å². The van der Waals surface area contributed by atoms with Gasteiger partial charge in [-0.2, -0.15) is 0 Å². The zero-order valence-corrected chi connectivity index (χ0v) is 29.2. The zero-order chi connectivity index (χ0) is 33.7. The van der Waals surface area contributed by atoms with E-state index in [9.17, 15) is 0 Å². The second-order valence-corrected chi connectivity index (χ2v) is 14.3. The third-order valence-electron chi connectivity index (χ3n) is 10.9. The molecule has 2 aliphatic carbocycles. The van der Waals surface area contributed by atoms with E-state index in [1.165, 1.54) is 83.5 Å². The zero-order valence-electron chi connectivity index (χ0n) is 29.2. The van der Waals surface area contributed by atoms with Crippen LogP contribution in [0.3, 0.4) is 0 Å². The van der Waals surface area contributed by atoms with Crippen molar-refractivity contribution in [2.45, 2.75) is 52.9 Å². The first-order chi connectivity index (χ1) is 23.8. The van der Waals surface area contributed by atoms with E-state index >= 15 is 0 Å². The minimum atomic E-state index is -0.137. The van der Waals surface area contributed by atoms with Gasteiger partial charge in [-0.3, -0.25) is 0 Å². The van der Waals surface area contributed by atoms with E-state index in [0.29, 0.717) is 0 Å². The van der Waals surface area contributed by atoms with E-state index in [1.54, 1.807) is 0 Å². The molecule has 0 fully saturated rings. The van der Waals surface area contributed by atoms with E-state index in [-0.39, 0.29) is 5.41 Å². The van der Waals surface area contributed by atoms with Gasteiger partial charge in [-0.05, 0) is 142 Å². The van der Waals surface area contributed by atoms with Crippen molar-refractivity contribution in [1.82, 2.24) is 0 Å². The molecule has 0 spiro atoms. The third-order valence-corrected chi connectivity index (χ3v) is 10.9. The maximum atomic E-state index is 3.68. The molecule has 0 atom stereocenters. The average molecular weight is 634 g/mol. The smallest absolute Gasteiger partial charge is 0.0387 e. The second kappa shape index (κ2) is 12.2. The molecule has 0 aliphatic heterocycles. The van der Waals surface area contributed by atoms with Crippen LogP contribution in [-0.2, 0) is 5.41 Å². The Morgan fingerprint density at radius 3 is 1.90 bits per heavy atom. The van der Waals surface area contributed by atoms with Crippen LogP contribution in [0, 0.1) is 13.8 Å². The summed E-state index contributed by atoms with van der Waals surface area (Å²) in [5.74, 6) is 0. The SMILES string of the molecule is CC1=C(c2ccc(-c3ccc4c(c3)C(C)(C)c3cc(Nc5ccc(-c6ccccc6)cc5)ccc3-4)c(-c3ccccc3C)c2C)C=CCC1. The average Bonchev–Trinajstić information content (AvgIpc) is 3.34. The molecule has 1 N–H and O–H groups in total. The van der Waals surface area contributed by atoms with Crippen LogP contribution < -0.4 is 5.32 Å². The lowest BCUT2D eigenvalue weighted by Crippen LogP contribution is -2.15. The van der Waals surface area contributed by atoms with E-state index in [1.807, 2.05) is 0 Å². The summed E-state index contributed by atoms with van der Waals surface area (Å²) >= 11 is 0. The molecule has 2 aliphatic rings. The molecule has 0 aromatic heterocycles. The van der Waals surface area contributed by atoms with Crippen molar-refractivity contribution in [3.05, 3.63) is 173 Å². The fraction of sp³-hybridized carbons (Fsp3) is 0.167. The van der Waals surface area contributed by atoms with Gasteiger partial charge in [-0.1, -0.05) is 129 Å². The predicted molar refractivity (Wildman–Crippen MR) is 210 cm³/mol. The Hall–Kier alpha value is -5.40. The lowest BCUT2D eigenvalue weighted by atomic mass is 9.79. The lowest BCUT2D eigenvalue weighted by Gasteiger charge is -2.24. The first-order valence-corrected chi connectivity index (χ1v) is 17.6. The van der Waals surface area contributed by atoms with Gasteiger partial charge in [0.15, 0.2) is 0 Å². The van der Waals surface area contributed by atoms with E-state index in [4.69, 9.17) is 0 Å². The highest BCUT2D eigenvalue weighted by Gasteiger charge is 2.36. The second-order valence-electron chi connectivity index (χ2n) is 14.3. The minimum Gasteiger partial charge on any atom is -0.356 e.